The molecule has 0 saturated carbocycles. The monoisotopic (exact) mass is 293 g/mol. The summed E-state index contributed by atoms with van der Waals surface area (Å²) in [6, 6.07) is 7.21. The maximum Gasteiger partial charge on any atom is 0.258 e. The first-order chi connectivity index (χ1) is 9.31. The molecule has 5 nitrogen and oxygen atoms in total. The molecule has 1 aromatic carbocycles. The number of aryl methyl sites for hydroxylation is 2. The van der Waals surface area contributed by atoms with Crippen molar-refractivity contribution in [3.8, 4) is 5.69 Å². The molecule has 0 unspecified atom stereocenters. The maximum absolute atomic E-state index is 12.3. The van der Waals surface area contributed by atoms with Crippen molar-refractivity contribution < 1.29 is 8.42 Å². The average Bonchev–Trinajstić information content (AvgIpc) is 2.80. The summed E-state index contributed by atoms with van der Waals surface area (Å²) in [6.45, 7) is 7.47. The van der Waals surface area contributed by atoms with Crippen molar-refractivity contribution in [3.63, 3.8) is 0 Å². The van der Waals surface area contributed by atoms with Crippen LogP contribution in [0.2, 0.25) is 0 Å². The summed E-state index contributed by atoms with van der Waals surface area (Å²) in [4.78, 5) is 0. The highest BCUT2D eigenvalue weighted by atomic mass is 32.2. The Morgan fingerprint density at radius 2 is 1.90 bits per heavy atom. The van der Waals surface area contributed by atoms with Crippen LogP contribution in [0.25, 0.3) is 5.69 Å². The highest BCUT2D eigenvalue weighted by molar-refractivity contribution is 7.89. The topological polar surface area (TPSA) is 64.0 Å². The SMILES string of the molecule is Cc1ccc(C)c(-n2nccc2S(=O)(=O)NC(C)C)c1. The van der Waals surface area contributed by atoms with Gasteiger partial charge < -0.3 is 0 Å². The summed E-state index contributed by atoms with van der Waals surface area (Å²) < 4.78 is 28.7. The number of hydrogen-bond acceptors (Lipinski definition) is 3. The molecule has 0 aliphatic heterocycles. The summed E-state index contributed by atoms with van der Waals surface area (Å²) >= 11 is 0. The molecule has 0 bridgehead atoms. The van der Waals surface area contributed by atoms with E-state index in [-0.39, 0.29) is 11.1 Å². The molecule has 0 fully saturated rings. The molecule has 2 aromatic rings. The minimum atomic E-state index is -3.57. The first kappa shape index (κ1) is 14.7. The number of nitrogens with zero attached hydrogens (tertiary/aromatic N) is 2. The Kier molecular flexibility index (Phi) is 3.96. The van der Waals surface area contributed by atoms with Crippen molar-refractivity contribution in [1.82, 2.24) is 14.5 Å². The Labute approximate surface area is 119 Å². The molecule has 0 amide bonds. The molecule has 2 rings (SSSR count). The summed E-state index contributed by atoms with van der Waals surface area (Å²) in [6.07, 6.45) is 1.50. The van der Waals surface area contributed by atoms with Crippen molar-refractivity contribution in [2.75, 3.05) is 0 Å². The molecule has 1 heterocycles. The van der Waals surface area contributed by atoms with E-state index in [4.69, 9.17) is 0 Å². The third-order valence-electron chi connectivity index (χ3n) is 2.87. The normalized spacial score (nSPS) is 12.1. The van der Waals surface area contributed by atoms with Gasteiger partial charge in [-0.15, -0.1) is 0 Å². The highest BCUT2D eigenvalue weighted by Gasteiger charge is 2.21. The fourth-order valence-electron chi connectivity index (χ4n) is 1.99. The van der Waals surface area contributed by atoms with Gasteiger partial charge >= 0.3 is 0 Å². The molecule has 1 aromatic heterocycles. The van der Waals surface area contributed by atoms with Gasteiger partial charge in [0.1, 0.15) is 0 Å². The number of aromatic nitrogens is 2. The van der Waals surface area contributed by atoms with Gasteiger partial charge in [0, 0.05) is 6.04 Å². The van der Waals surface area contributed by atoms with Gasteiger partial charge in [0.05, 0.1) is 11.9 Å². The standard InChI is InChI=1S/C14H19N3O2S/c1-10(2)16-20(18,19)14-7-8-15-17(14)13-9-11(3)5-6-12(13)4/h5-10,16H,1-4H3. The van der Waals surface area contributed by atoms with E-state index < -0.39 is 10.0 Å². The fourth-order valence-corrected chi connectivity index (χ4v) is 3.35. The second kappa shape index (κ2) is 5.38. The van der Waals surface area contributed by atoms with Gasteiger partial charge in [-0.3, -0.25) is 0 Å². The molecular formula is C14H19N3O2S. The van der Waals surface area contributed by atoms with Crippen molar-refractivity contribution in [2.45, 2.75) is 38.8 Å². The lowest BCUT2D eigenvalue weighted by atomic mass is 10.1. The van der Waals surface area contributed by atoms with E-state index in [9.17, 15) is 8.42 Å². The lowest BCUT2D eigenvalue weighted by Gasteiger charge is -2.13. The van der Waals surface area contributed by atoms with E-state index in [0.717, 1.165) is 16.8 Å². The van der Waals surface area contributed by atoms with Crippen LogP contribution >= 0.6 is 0 Å². The Bertz CT molecular complexity index is 718. The van der Waals surface area contributed by atoms with E-state index in [0.29, 0.717) is 0 Å². The van der Waals surface area contributed by atoms with Crippen molar-refractivity contribution in [1.29, 1.82) is 0 Å². The van der Waals surface area contributed by atoms with Gasteiger partial charge in [0.25, 0.3) is 10.0 Å². The van der Waals surface area contributed by atoms with E-state index in [1.54, 1.807) is 13.8 Å². The molecule has 0 atom stereocenters. The minimum absolute atomic E-state index is 0.153. The number of benzene rings is 1. The van der Waals surface area contributed by atoms with E-state index in [2.05, 4.69) is 9.82 Å². The molecular weight excluding hydrogens is 274 g/mol. The molecule has 0 spiro atoms. The third kappa shape index (κ3) is 2.91. The Balaban J connectivity index is 2.56. The van der Waals surface area contributed by atoms with Crippen molar-refractivity contribution in [2.24, 2.45) is 0 Å². The van der Waals surface area contributed by atoms with E-state index >= 15 is 0 Å². The van der Waals surface area contributed by atoms with Crippen molar-refractivity contribution in [3.05, 3.63) is 41.6 Å². The first-order valence-corrected chi connectivity index (χ1v) is 7.93. The zero-order chi connectivity index (χ0) is 14.9. The third-order valence-corrected chi connectivity index (χ3v) is 4.51. The van der Waals surface area contributed by atoms with Gasteiger partial charge in [-0.05, 0) is 51.0 Å². The minimum Gasteiger partial charge on any atom is -0.220 e. The molecule has 0 aliphatic rings. The van der Waals surface area contributed by atoms with Crippen LogP contribution in [0.1, 0.15) is 25.0 Å². The number of nitrogens with one attached hydrogen (secondary N) is 1. The quantitative estimate of drug-likeness (QED) is 0.939. The van der Waals surface area contributed by atoms with Crippen LogP contribution in [-0.2, 0) is 10.0 Å². The number of sulfonamides is 1. The van der Waals surface area contributed by atoms with E-state index in [1.807, 2.05) is 32.0 Å². The first-order valence-electron chi connectivity index (χ1n) is 6.45. The molecule has 6 heteroatoms. The molecule has 0 radical (unpaired) electrons. The summed E-state index contributed by atoms with van der Waals surface area (Å²) in [7, 11) is -3.57. The molecule has 1 N–H and O–H groups in total. The summed E-state index contributed by atoms with van der Waals surface area (Å²) in [5, 5.41) is 4.31. The van der Waals surface area contributed by atoms with Gasteiger partial charge in [0.2, 0.25) is 0 Å². The predicted molar refractivity (Wildman–Crippen MR) is 78.5 cm³/mol. The Morgan fingerprint density at radius 1 is 1.20 bits per heavy atom. The van der Waals surface area contributed by atoms with Crippen LogP contribution in [0.3, 0.4) is 0 Å². The van der Waals surface area contributed by atoms with Crippen LogP contribution in [0.5, 0.6) is 0 Å². The molecule has 108 valence electrons. The second-order valence-electron chi connectivity index (χ2n) is 5.15. The van der Waals surface area contributed by atoms with Gasteiger partial charge in [-0.1, -0.05) is 12.1 Å². The van der Waals surface area contributed by atoms with Crippen LogP contribution < -0.4 is 4.72 Å². The maximum atomic E-state index is 12.3. The molecule has 0 saturated heterocycles. The number of hydrogen-bond donors (Lipinski definition) is 1. The lowest BCUT2D eigenvalue weighted by Crippen LogP contribution is -2.31. The largest absolute Gasteiger partial charge is 0.258 e. The molecule has 0 aliphatic carbocycles. The van der Waals surface area contributed by atoms with Crippen LogP contribution in [-0.4, -0.2) is 24.2 Å². The molecule has 20 heavy (non-hydrogen) atoms. The van der Waals surface area contributed by atoms with Gasteiger partial charge in [-0.25, -0.2) is 17.8 Å². The average molecular weight is 293 g/mol. The fraction of sp³-hybridized carbons (Fsp3) is 0.357. The summed E-state index contributed by atoms with van der Waals surface area (Å²) in [5.74, 6) is 0. The van der Waals surface area contributed by atoms with E-state index in [1.165, 1.54) is 16.9 Å². The summed E-state index contributed by atoms with van der Waals surface area (Å²) in [5.41, 5.74) is 2.81. The van der Waals surface area contributed by atoms with Gasteiger partial charge in [-0.2, -0.15) is 5.10 Å². The zero-order valence-corrected chi connectivity index (χ0v) is 12.9. The van der Waals surface area contributed by atoms with Crippen molar-refractivity contribution >= 4 is 10.0 Å². The Hall–Kier alpha value is -1.66. The Morgan fingerprint density at radius 3 is 2.55 bits per heavy atom. The predicted octanol–water partition coefficient (Wildman–Crippen LogP) is 2.18. The number of rotatable bonds is 4. The van der Waals surface area contributed by atoms with Crippen LogP contribution in [0.4, 0.5) is 0 Å². The van der Waals surface area contributed by atoms with Gasteiger partial charge in [0.15, 0.2) is 5.03 Å². The van der Waals surface area contributed by atoms with Crippen LogP contribution in [0, 0.1) is 13.8 Å². The highest BCUT2D eigenvalue weighted by Crippen LogP contribution is 2.20. The smallest absolute Gasteiger partial charge is 0.220 e. The van der Waals surface area contributed by atoms with Crippen LogP contribution in [0.15, 0.2) is 35.5 Å². The second-order valence-corrected chi connectivity index (χ2v) is 6.81. The lowest BCUT2D eigenvalue weighted by molar-refractivity contribution is 0.560. The zero-order valence-electron chi connectivity index (χ0n) is 12.1.